The van der Waals surface area contributed by atoms with E-state index in [1.165, 1.54) is 0 Å². The Kier molecular flexibility index (Phi) is 5.26. The van der Waals surface area contributed by atoms with E-state index >= 15 is 0 Å². The van der Waals surface area contributed by atoms with Crippen LogP contribution in [0.5, 0.6) is 0 Å². The second kappa shape index (κ2) is 6.23. The molecular formula is C12H23NO2. The summed E-state index contributed by atoms with van der Waals surface area (Å²) in [6.45, 7) is 6.84. The highest BCUT2D eigenvalue weighted by Gasteiger charge is 2.23. The van der Waals surface area contributed by atoms with Crippen molar-refractivity contribution in [2.75, 3.05) is 19.6 Å². The van der Waals surface area contributed by atoms with E-state index in [-0.39, 0.29) is 11.9 Å². The fourth-order valence-electron chi connectivity index (χ4n) is 2.13. The van der Waals surface area contributed by atoms with Gasteiger partial charge in [0.25, 0.3) is 0 Å². The van der Waals surface area contributed by atoms with Crippen molar-refractivity contribution in [1.29, 1.82) is 0 Å². The maximum Gasteiger partial charge on any atom is 0.129 e. The summed E-state index contributed by atoms with van der Waals surface area (Å²) in [5, 5.41) is 9.57. The standard InChI is InChI=1S/C12H23NO2/c1-10-9-13(8-6-12(10)15)7-4-3-5-11(2)14/h10,12,15H,3-9H2,1-2H3. The molecule has 0 spiro atoms. The van der Waals surface area contributed by atoms with Gasteiger partial charge in [0.1, 0.15) is 5.78 Å². The number of unbranched alkanes of at least 4 members (excludes halogenated alkanes) is 1. The van der Waals surface area contributed by atoms with E-state index in [1.807, 2.05) is 0 Å². The molecule has 0 amide bonds. The Balaban J connectivity index is 2.09. The molecule has 1 aliphatic heterocycles. The first kappa shape index (κ1) is 12.7. The van der Waals surface area contributed by atoms with Gasteiger partial charge in [0, 0.05) is 19.5 Å². The molecule has 1 fully saturated rings. The molecule has 3 nitrogen and oxygen atoms in total. The lowest BCUT2D eigenvalue weighted by atomic mass is 9.96. The van der Waals surface area contributed by atoms with Crippen molar-refractivity contribution < 1.29 is 9.90 Å². The smallest absolute Gasteiger partial charge is 0.129 e. The van der Waals surface area contributed by atoms with Gasteiger partial charge in [0.15, 0.2) is 0 Å². The van der Waals surface area contributed by atoms with E-state index in [0.29, 0.717) is 12.3 Å². The van der Waals surface area contributed by atoms with Crippen molar-refractivity contribution in [3.05, 3.63) is 0 Å². The van der Waals surface area contributed by atoms with Crippen molar-refractivity contribution in [3.63, 3.8) is 0 Å². The first-order chi connectivity index (χ1) is 7.09. The summed E-state index contributed by atoms with van der Waals surface area (Å²) in [5.41, 5.74) is 0. The van der Waals surface area contributed by atoms with Gasteiger partial charge in [0.05, 0.1) is 6.10 Å². The van der Waals surface area contributed by atoms with Gasteiger partial charge < -0.3 is 14.8 Å². The molecule has 2 atom stereocenters. The molecule has 1 rings (SSSR count). The molecule has 1 heterocycles. The maximum absolute atomic E-state index is 10.7. The second-order valence-electron chi connectivity index (χ2n) is 4.79. The SMILES string of the molecule is CC(=O)CCCCN1CCC(O)C(C)C1. The quantitative estimate of drug-likeness (QED) is 0.703. The van der Waals surface area contributed by atoms with Crippen molar-refractivity contribution >= 4 is 5.78 Å². The highest BCUT2D eigenvalue weighted by Crippen LogP contribution is 2.16. The molecule has 0 aromatic carbocycles. The average Bonchev–Trinajstić information content (AvgIpc) is 2.18. The third-order valence-electron chi connectivity index (χ3n) is 3.20. The fraction of sp³-hybridized carbons (Fsp3) is 0.917. The lowest BCUT2D eigenvalue weighted by molar-refractivity contribution is -0.117. The summed E-state index contributed by atoms with van der Waals surface area (Å²) in [4.78, 5) is 13.1. The largest absolute Gasteiger partial charge is 0.393 e. The van der Waals surface area contributed by atoms with Crippen LogP contribution in [0.4, 0.5) is 0 Å². The molecule has 0 bridgehead atoms. The third-order valence-corrected chi connectivity index (χ3v) is 3.20. The van der Waals surface area contributed by atoms with Crippen molar-refractivity contribution in [2.24, 2.45) is 5.92 Å². The number of carbonyl (C=O) groups excluding carboxylic acids is 1. The Hall–Kier alpha value is -0.410. The number of hydrogen-bond acceptors (Lipinski definition) is 3. The van der Waals surface area contributed by atoms with Crippen LogP contribution >= 0.6 is 0 Å². The van der Waals surface area contributed by atoms with E-state index in [2.05, 4.69) is 11.8 Å². The van der Waals surface area contributed by atoms with Gasteiger partial charge in [-0.15, -0.1) is 0 Å². The van der Waals surface area contributed by atoms with Gasteiger partial charge in [0.2, 0.25) is 0 Å². The highest BCUT2D eigenvalue weighted by molar-refractivity contribution is 5.75. The van der Waals surface area contributed by atoms with Crippen LogP contribution in [-0.4, -0.2) is 41.5 Å². The number of Topliss-reactive ketones (excluding diaryl/α,β-unsaturated/α-hetero) is 1. The van der Waals surface area contributed by atoms with Crippen LogP contribution in [0.1, 0.15) is 39.5 Å². The van der Waals surface area contributed by atoms with Gasteiger partial charge >= 0.3 is 0 Å². The zero-order valence-corrected chi connectivity index (χ0v) is 9.91. The predicted molar refractivity (Wildman–Crippen MR) is 60.8 cm³/mol. The number of ketones is 1. The van der Waals surface area contributed by atoms with Crippen molar-refractivity contribution in [1.82, 2.24) is 4.90 Å². The van der Waals surface area contributed by atoms with Gasteiger partial charge in [-0.05, 0) is 38.6 Å². The van der Waals surface area contributed by atoms with E-state index in [1.54, 1.807) is 6.92 Å². The number of nitrogens with zero attached hydrogens (tertiary/aromatic N) is 1. The van der Waals surface area contributed by atoms with Gasteiger partial charge in [-0.25, -0.2) is 0 Å². The molecular weight excluding hydrogens is 190 g/mol. The number of carbonyl (C=O) groups is 1. The molecule has 1 aliphatic rings. The fourth-order valence-corrected chi connectivity index (χ4v) is 2.13. The van der Waals surface area contributed by atoms with Crippen LogP contribution in [-0.2, 0) is 4.79 Å². The maximum atomic E-state index is 10.7. The molecule has 0 aromatic heterocycles. The van der Waals surface area contributed by atoms with E-state index in [9.17, 15) is 9.90 Å². The molecule has 3 heteroatoms. The Morgan fingerprint density at radius 2 is 2.20 bits per heavy atom. The van der Waals surface area contributed by atoms with Crippen LogP contribution in [0.2, 0.25) is 0 Å². The number of likely N-dealkylation sites (tertiary alicyclic amines) is 1. The minimum Gasteiger partial charge on any atom is -0.393 e. The first-order valence-electron chi connectivity index (χ1n) is 5.99. The van der Waals surface area contributed by atoms with E-state index < -0.39 is 0 Å². The predicted octanol–water partition coefficient (Wildman–Crippen LogP) is 1.45. The zero-order chi connectivity index (χ0) is 11.3. The Morgan fingerprint density at radius 3 is 2.80 bits per heavy atom. The zero-order valence-electron chi connectivity index (χ0n) is 9.91. The topological polar surface area (TPSA) is 40.5 Å². The highest BCUT2D eigenvalue weighted by atomic mass is 16.3. The van der Waals surface area contributed by atoms with Crippen LogP contribution in [0.3, 0.4) is 0 Å². The lowest BCUT2D eigenvalue weighted by Gasteiger charge is -2.34. The molecule has 15 heavy (non-hydrogen) atoms. The summed E-state index contributed by atoms with van der Waals surface area (Å²) in [6.07, 6.45) is 3.60. The Bertz CT molecular complexity index is 206. The molecule has 1 saturated heterocycles. The number of rotatable bonds is 5. The third kappa shape index (κ3) is 4.76. The number of aliphatic hydroxyl groups is 1. The van der Waals surface area contributed by atoms with E-state index in [4.69, 9.17) is 0 Å². The molecule has 0 aromatic rings. The summed E-state index contributed by atoms with van der Waals surface area (Å²) in [7, 11) is 0. The van der Waals surface area contributed by atoms with E-state index in [0.717, 1.165) is 38.9 Å². The molecule has 0 radical (unpaired) electrons. The van der Waals surface area contributed by atoms with Gasteiger partial charge in [-0.1, -0.05) is 6.92 Å². The van der Waals surface area contributed by atoms with Crippen molar-refractivity contribution in [3.8, 4) is 0 Å². The molecule has 0 saturated carbocycles. The monoisotopic (exact) mass is 213 g/mol. The number of piperidine rings is 1. The molecule has 0 aliphatic carbocycles. The Labute approximate surface area is 92.5 Å². The minimum absolute atomic E-state index is 0.113. The van der Waals surface area contributed by atoms with Crippen molar-refractivity contribution in [2.45, 2.75) is 45.6 Å². The lowest BCUT2D eigenvalue weighted by Crippen LogP contribution is -2.42. The number of aliphatic hydroxyl groups excluding tert-OH is 1. The van der Waals surface area contributed by atoms with Crippen LogP contribution in [0.25, 0.3) is 0 Å². The van der Waals surface area contributed by atoms with Gasteiger partial charge in [-0.3, -0.25) is 0 Å². The first-order valence-corrected chi connectivity index (χ1v) is 5.99. The summed E-state index contributed by atoms with van der Waals surface area (Å²) in [6, 6.07) is 0. The summed E-state index contributed by atoms with van der Waals surface area (Å²) < 4.78 is 0. The second-order valence-corrected chi connectivity index (χ2v) is 4.79. The molecule has 1 N–H and O–H groups in total. The molecule has 88 valence electrons. The average molecular weight is 213 g/mol. The normalized spacial score (nSPS) is 27.9. The van der Waals surface area contributed by atoms with Crippen LogP contribution in [0, 0.1) is 5.92 Å². The van der Waals surface area contributed by atoms with Crippen LogP contribution < -0.4 is 0 Å². The Morgan fingerprint density at radius 1 is 1.47 bits per heavy atom. The molecule has 2 unspecified atom stereocenters. The van der Waals surface area contributed by atoms with Crippen LogP contribution in [0.15, 0.2) is 0 Å². The summed E-state index contributed by atoms with van der Waals surface area (Å²) in [5.74, 6) is 0.684. The minimum atomic E-state index is -0.113. The van der Waals surface area contributed by atoms with Gasteiger partial charge in [-0.2, -0.15) is 0 Å². The summed E-state index contributed by atoms with van der Waals surface area (Å²) >= 11 is 0. The number of hydrogen-bond donors (Lipinski definition) is 1.